The number of aromatic amines is 1. The number of aromatic nitrogens is 1. The monoisotopic (exact) mass is 393 g/mol. The van der Waals surface area contributed by atoms with Gasteiger partial charge in [-0.3, -0.25) is 4.79 Å². The highest BCUT2D eigenvalue weighted by Crippen LogP contribution is 2.55. The molecule has 3 aliphatic rings. The van der Waals surface area contributed by atoms with Gasteiger partial charge in [0.2, 0.25) is 0 Å². The van der Waals surface area contributed by atoms with Crippen molar-refractivity contribution in [2.75, 3.05) is 19.6 Å². The highest BCUT2D eigenvalue weighted by molar-refractivity contribution is 5.94. The summed E-state index contributed by atoms with van der Waals surface area (Å²) in [5.41, 5.74) is 5.53. The van der Waals surface area contributed by atoms with E-state index in [0.29, 0.717) is 25.2 Å². The van der Waals surface area contributed by atoms with Crippen LogP contribution in [0.15, 0.2) is 24.3 Å². The molecule has 1 saturated heterocycles. The summed E-state index contributed by atoms with van der Waals surface area (Å²) in [6.07, 6.45) is 3.13. The molecule has 3 atom stereocenters. The fraction of sp³-hybridized carbons (Fsp3) is 0.542. The first-order valence-corrected chi connectivity index (χ1v) is 11.0. The van der Waals surface area contributed by atoms with Crippen molar-refractivity contribution in [1.29, 1.82) is 0 Å². The Hall–Kier alpha value is -2.11. The fourth-order valence-electron chi connectivity index (χ4n) is 6.34. The quantitative estimate of drug-likeness (QED) is 0.751. The standard InChI is InChI=1S/C24H31N3O2/c1-4-27(5-2)22(28)21-15(3)17-13-24(29)20-12-16-8-6-7-9-18(16)23(24,10-11-25-20)14-19(17)26-21/h6-9,20,25-26,29H,4-5,10-14H2,1-3H3/t20-,23-,24+/m0/s1. The van der Waals surface area contributed by atoms with Gasteiger partial charge in [0.05, 0.1) is 5.60 Å². The Balaban J connectivity index is 1.65. The Morgan fingerprint density at radius 3 is 2.76 bits per heavy atom. The molecule has 5 rings (SSSR count). The van der Waals surface area contributed by atoms with Gasteiger partial charge < -0.3 is 20.3 Å². The minimum atomic E-state index is -0.824. The van der Waals surface area contributed by atoms with Crippen LogP contribution in [0.4, 0.5) is 0 Å². The number of nitrogens with zero attached hydrogens (tertiary/aromatic N) is 1. The fourth-order valence-corrected chi connectivity index (χ4v) is 6.34. The second kappa shape index (κ2) is 6.44. The lowest BCUT2D eigenvalue weighted by molar-refractivity contribution is -0.106. The van der Waals surface area contributed by atoms with E-state index in [2.05, 4.69) is 34.6 Å². The minimum absolute atomic E-state index is 0.0514. The number of carbonyl (C=O) groups is 1. The first kappa shape index (κ1) is 18.9. The topological polar surface area (TPSA) is 68.4 Å². The van der Waals surface area contributed by atoms with E-state index in [1.165, 1.54) is 11.1 Å². The van der Waals surface area contributed by atoms with Crippen molar-refractivity contribution < 1.29 is 9.90 Å². The SMILES string of the molecule is CCN(CC)C(=O)c1[nH]c2c(c1C)C[C@@]1(O)[C@@H]3Cc4ccccc4[C@]1(CCN3)C2. The lowest BCUT2D eigenvalue weighted by atomic mass is 9.50. The molecule has 1 fully saturated rings. The Morgan fingerprint density at radius 2 is 2.00 bits per heavy atom. The number of benzene rings is 1. The molecule has 1 aromatic carbocycles. The van der Waals surface area contributed by atoms with Gasteiger partial charge in [-0.25, -0.2) is 0 Å². The maximum absolute atomic E-state index is 13.1. The van der Waals surface area contributed by atoms with Crippen molar-refractivity contribution in [2.45, 2.75) is 63.5 Å². The number of rotatable bonds is 3. The Labute approximate surface area is 172 Å². The zero-order valence-electron chi connectivity index (χ0n) is 17.6. The number of aliphatic hydroxyl groups is 1. The van der Waals surface area contributed by atoms with Crippen LogP contribution in [-0.4, -0.2) is 52.2 Å². The number of fused-ring (bicyclic) bond motifs is 2. The zero-order chi connectivity index (χ0) is 20.4. The highest BCUT2D eigenvalue weighted by Gasteiger charge is 2.62. The van der Waals surface area contributed by atoms with Crippen LogP contribution >= 0.6 is 0 Å². The molecular formula is C24H31N3O2. The summed E-state index contributed by atoms with van der Waals surface area (Å²) in [5.74, 6) is 0.0656. The molecule has 0 unspecified atom stereocenters. The van der Waals surface area contributed by atoms with Gasteiger partial charge in [0.15, 0.2) is 0 Å². The molecule has 0 spiro atoms. The van der Waals surface area contributed by atoms with E-state index in [0.717, 1.165) is 42.6 Å². The third kappa shape index (κ3) is 2.37. The van der Waals surface area contributed by atoms with Crippen molar-refractivity contribution in [3.8, 4) is 0 Å². The molecule has 2 aliphatic carbocycles. The number of hydrogen-bond donors (Lipinski definition) is 3. The van der Waals surface area contributed by atoms with Crippen LogP contribution in [0.5, 0.6) is 0 Å². The van der Waals surface area contributed by atoms with Crippen molar-refractivity contribution in [3.05, 3.63) is 57.9 Å². The largest absolute Gasteiger partial charge is 0.387 e. The van der Waals surface area contributed by atoms with Gasteiger partial charge in [-0.1, -0.05) is 24.3 Å². The van der Waals surface area contributed by atoms with Gasteiger partial charge >= 0.3 is 0 Å². The average molecular weight is 394 g/mol. The van der Waals surface area contributed by atoms with E-state index in [9.17, 15) is 9.90 Å². The van der Waals surface area contributed by atoms with Gasteiger partial charge in [-0.05, 0) is 62.4 Å². The second-order valence-electron chi connectivity index (χ2n) is 9.04. The van der Waals surface area contributed by atoms with Crippen LogP contribution in [0.3, 0.4) is 0 Å². The molecule has 5 heteroatoms. The third-order valence-electron chi connectivity index (χ3n) is 7.96. The molecule has 1 aliphatic heterocycles. The van der Waals surface area contributed by atoms with Crippen LogP contribution in [0.25, 0.3) is 0 Å². The molecule has 1 aromatic heterocycles. The number of amides is 1. The average Bonchev–Trinajstić information content (AvgIpc) is 3.02. The van der Waals surface area contributed by atoms with E-state index in [4.69, 9.17) is 0 Å². The predicted octanol–water partition coefficient (Wildman–Crippen LogP) is 2.49. The summed E-state index contributed by atoms with van der Waals surface area (Å²) < 4.78 is 0. The number of piperidine rings is 1. The van der Waals surface area contributed by atoms with Gasteiger partial charge in [-0.15, -0.1) is 0 Å². The third-order valence-corrected chi connectivity index (χ3v) is 7.96. The van der Waals surface area contributed by atoms with Crippen LogP contribution in [-0.2, 0) is 24.7 Å². The molecule has 29 heavy (non-hydrogen) atoms. The van der Waals surface area contributed by atoms with E-state index in [1.807, 2.05) is 25.7 Å². The maximum atomic E-state index is 13.1. The van der Waals surface area contributed by atoms with Crippen LogP contribution < -0.4 is 5.32 Å². The molecule has 154 valence electrons. The molecule has 2 aromatic rings. The second-order valence-corrected chi connectivity index (χ2v) is 9.04. The Morgan fingerprint density at radius 1 is 1.24 bits per heavy atom. The molecule has 2 bridgehead atoms. The first-order valence-electron chi connectivity index (χ1n) is 11.0. The molecular weight excluding hydrogens is 362 g/mol. The molecule has 2 heterocycles. The summed E-state index contributed by atoms with van der Waals surface area (Å²) in [4.78, 5) is 18.5. The van der Waals surface area contributed by atoms with Gasteiger partial charge in [0, 0.05) is 43.1 Å². The molecule has 1 amide bonds. The van der Waals surface area contributed by atoms with Gasteiger partial charge in [0.25, 0.3) is 5.91 Å². The smallest absolute Gasteiger partial charge is 0.270 e. The Bertz CT molecular complexity index is 977. The van der Waals surface area contributed by atoms with E-state index in [1.54, 1.807) is 0 Å². The van der Waals surface area contributed by atoms with E-state index in [-0.39, 0.29) is 17.4 Å². The summed E-state index contributed by atoms with van der Waals surface area (Å²) in [6.45, 7) is 8.38. The van der Waals surface area contributed by atoms with Crippen molar-refractivity contribution in [1.82, 2.24) is 15.2 Å². The first-order chi connectivity index (χ1) is 13.9. The summed E-state index contributed by atoms with van der Waals surface area (Å²) in [5, 5.41) is 15.8. The summed E-state index contributed by atoms with van der Waals surface area (Å²) in [7, 11) is 0. The van der Waals surface area contributed by atoms with Crippen LogP contribution in [0.1, 0.15) is 58.7 Å². The minimum Gasteiger partial charge on any atom is -0.387 e. The number of hydrogen-bond acceptors (Lipinski definition) is 3. The van der Waals surface area contributed by atoms with Crippen molar-refractivity contribution in [2.24, 2.45) is 0 Å². The number of H-pyrrole nitrogens is 1. The summed E-state index contributed by atoms with van der Waals surface area (Å²) >= 11 is 0. The lowest BCUT2D eigenvalue weighted by Gasteiger charge is -2.60. The zero-order valence-corrected chi connectivity index (χ0v) is 17.6. The van der Waals surface area contributed by atoms with Gasteiger partial charge in [-0.2, -0.15) is 0 Å². The van der Waals surface area contributed by atoms with E-state index < -0.39 is 5.60 Å². The van der Waals surface area contributed by atoms with Gasteiger partial charge in [0.1, 0.15) is 5.69 Å². The van der Waals surface area contributed by atoms with Crippen LogP contribution in [0.2, 0.25) is 0 Å². The molecule has 0 radical (unpaired) electrons. The predicted molar refractivity (Wildman–Crippen MR) is 113 cm³/mol. The van der Waals surface area contributed by atoms with E-state index >= 15 is 0 Å². The number of nitrogens with one attached hydrogen (secondary N) is 2. The maximum Gasteiger partial charge on any atom is 0.270 e. The van der Waals surface area contributed by atoms with Crippen molar-refractivity contribution >= 4 is 5.91 Å². The summed E-state index contributed by atoms with van der Waals surface area (Å²) in [6, 6.07) is 8.67. The normalized spacial score (nSPS) is 29.6. The Kier molecular flexibility index (Phi) is 4.20. The molecule has 3 N–H and O–H groups in total. The lowest BCUT2D eigenvalue weighted by Crippen LogP contribution is -2.73. The molecule has 5 nitrogen and oxygen atoms in total. The van der Waals surface area contributed by atoms with Crippen LogP contribution in [0, 0.1) is 6.92 Å². The number of carbonyl (C=O) groups excluding carboxylic acids is 1. The highest BCUT2D eigenvalue weighted by atomic mass is 16.3. The van der Waals surface area contributed by atoms with Crippen molar-refractivity contribution in [3.63, 3.8) is 0 Å². The molecule has 0 saturated carbocycles.